The molecule has 2 aliphatic rings. The Morgan fingerprint density at radius 3 is 2.54 bits per heavy atom. The van der Waals surface area contributed by atoms with Gasteiger partial charge in [-0.1, -0.05) is 12.1 Å². The smallest absolute Gasteiger partial charge is 0.267 e. The highest BCUT2D eigenvalue weighted by molar-refractivity contribution is 7.14. The average Bonchev–Trinajstić information content (AvgIpc) is 3.41. The van der Waals surface area contributed by atoms with E-state index in [2.05, 4.69) is 10.3 Å². The molecule has 0 radical (unpaired) electrons. The van der Waals surface area contributed by atoms with Crippen LogP contribution in [0, 0.1) is 0 Å². The Hall–Kier alpha value is -4.05. The number of carbonyl (C=O) groups is 4. The van der Waals surface area contributed by atoms with E-state index in [1.165, 1.54) is 16.2 Å². The molecular weight excluding hydrogens is 468 g/mol. The van der Waals surface area contributed by atoms with Gasteiger partial charge in [0.15, 0.2) is 11.2 Å². The SMILES string of the molecule is C[C@@H]1Oc2ccc(-c3csc(NC(=O)CCCN4C(=O)c5ccccc5C4=O)n3)cc2N(C)C1=O. The van der Waals surface area contributed by atoms with Gasteiger partial charge in [0.05, 0.1) is 22.5 Å². The zero-order valence-corrected chi connectivity index (χ0v) is 19.9. The molecule has 0 aliphatic carbocycles. The van der Waals surface area contributed by atoms with Gasteiger partial charge >= 0.3 is 0 Å². The van der Waals surface area contributed by atoms with E-state index >= 15 is 0 Å². The van der Waals surface area contributed by atoms with Crippen molar-refractivity contribution < 1.29 is 23.9 Å². The number of hydrogen-bond acceptors (Lipinski definition) is 7. The number of nitrogens with zero attached hydrogens (tertiary/aromatic N) is 3. The van der Waals surface area contributed by atoms with E-state index in [4.69, 9.17) is 4.74 Å². The van der Waals surface area contributed by atoms with Gasteiger partial charge in [-0.15, -0.1) is 11.3 Å². The van der Waals surface area contributed by atoms with Crippen LogP contribution < -0.4 is 15.0 Å². The largest absolute Gasteiger partial charge is 0.479 e. The van der Waals surface area contributed by atoms with E-state index in [-0.39, 0.29) is 36.6 Å². The molecule has 2 aliphatic heterocycles. The molecule has 4 amide bonds. The first-order valence-electron chi connectivity index (χ1n) is 11.1. The highest BCUT2D eigenvalue weighted by Gasteiger charge is 2.34. The molecule has 0 bridgehead atoms. The van der Waals surface area contributed by atoms with Gasteiger partial charge < -0.3 is 15.0 Å². The number of amides is 4. The van der Waals surface area contributed by atoms with Crippen LogP contribution in [0.2, 0.25) is 0 Å². The van der Waals surface area contributed by atoms with Crippen LogP contribution in [0.5, 0.6) is 5.75 Å². The van der Waals surface area contributed by atoms with Crippen LogP contribution in [0.3, 0.4) is 0 Å². The van der Waals surface area contributed by atoms with E-state index in [9.17, 15) is 19.2 Å². The summed E-state index contributed by atoms with van der Waals surface area (Å²) in [4.78, 5) is 56.7. The maximum absolute atomic E-state index is 12.4. The molecule has 2 aromatic carbocycles. The number of benzene rings is 2. The van der Waals surface area contributed by atoms with Crippen molar-refractivity contribution in [3.05, 3.63) is 59.0 Å². The number of nitrogens with one attached hydrogen (secondary N) is 1. The van der Waals surface area contributed by atoms with Crippen LogP contribution in [0.15, 0.2) is 47.8 Å². The quantitative estimate of drug-likeness (QED) is 0.529. The second-order valence-corrected chi connectivity index (χ2v) is 9.20. The number of fused-ring (bicyclic) bond motifs is 2. The molecule has 0 saturated heterocycles. The molecule has 0 fully saturated rings. The van der Waals surface area contributed by atoms with Gasteiger partial charge in [-0.3, -0.25) is 24.1 Å². The lowest BCUT2D eigenvalue weighted by Gasteiger charge is -2.30. The Morgan fingerprint density at radius 1 is 1.11 bits per heavy atom. The highest BCUT2D eigenvalue weighted by Crippen LogP contribution is 2.37. The number of thiazole rings is 1. The molecule has 0 unspecified atom stereocenters. The maximum atomic E-state index is 12.4. The number of hydrogen-bond donors (Lipinski definition) is 1. The van der Waals surface area contributed by atoms with Crippen LogP contribution in [-0.2, 0) is 9.59 Å². The van der Waals surface area contributed by atoms with Crippen molar-refractivity contribution in [2.75, 3.05) is 23.8 Å². The summed E-state index contributed by atoms with van der Waals surface area (Å²) in [5, 5.41) is 5.04. The van der Waals surface area contributed by atoms with Crippen molar-refractivity contribution in [1.29, 1.82) is 0 Å². The molecule has 178 valence electrons. The minimum Gasteiger partial charge on any atom is -0.479 e. The van der Waals surface area contributed by atoms with Crippen molar-refractivity contribution >= 4 is 45.8 Å². The molecule has 0 spiro atoms. The van der Waals surface area contributed by atoms with Crippen molar-refractivity contribution in [1.82, 2.24) is 9.88 Å². The fourth-order valence-corrected chi connectivity index (χ4v) is 4.89. The second kappa shape index (κ2) is 8.95. The van der Waals surface area contributed by atoms with Crippen molar-refractivity contribution in [3.63, 3.8) is 0 Å². The number of carbonyl (C=O) groups excluding carboxylic acids is 4. The molecule has 3 heterocycles. The van der Waals surface area contributed by atoms with Crippen molar-refractivity contribution in [3.8, 4) is 17.0 Å². The standard InChI is InChI=1S/C25H22N4O5S/c1-14-22(31)28(2)19-12-15(9-10-20(19)34-14)18-13-35-25(26-18)27-21(30)8-5-11-29-23(32)16-6-3-4-7-17(16)24(29)33/h3-4,6-7,9-10,12-14H,5,8,11H2,1-2H3,(H,26,27,30)/t14-/m0/s1. The lowest BCUT2D eigenvalue weighted by molar-refractivity contribution is -0.125. The molecule has 10 heteroatoms. The molecule has 35 heavy (non-hydrogen) atoms. The van der Waals surface area contributed by atoms with Crippen LogP contribution in [0.4, 0.5) is 10.8 Å². The number of aromatic nitrogens is 1. The predicted molar refractivity (Wildman–Crippen MR) is 131 cm³/mol. The second-order valence-electron chi connectivity index (χ2n) is 8.34. The molecule has 1 atom stereocenters. The van der Waals surface area contributed by atoms with Gasteiger partial charge in [-0.2, -0.15) is 0 Å². The van der Waals surface area contributed by atoms with Crippen LogP contribution >= 0.6 is 11.3 Å². The zero-order chi connectivity index (χ0) is 24.7. The summed E-state index contributed by atoms with van der Waals surface area (Å²) < 4.78 is 5.66. The zero-order valence-electron chi connectivity index (χ0n) is 19.1. The first-order chi connectivity index (χ1) is 16.8. The van der Waals surface area contributed by atoms with Crippen molar-refractivity contribution in [2.24, 2.45) is 0 Å². The summed E-state index contributed by atoms with van der Waals surface area (Å²) in [7, 11) is 1.71. The summed E-state index contributed by atoms with van der Waals surface area (Å²) in [5.41, 5.74) is 2.92. The number of likely N-dealkylation sites (N-methyl/N-ethyl adjacent to an activating group) is 1. The third kappa shape index (κ3) is 4.17. The van der Waals surface area contributed by atoms with E-state index in [0.717, 1.165) is 5.56 Å². The molecule has 9 nitrogen and oxygen atoms in total. The van der Waals surface area contributed by atoms with E-state index < -0.39 is 6.10 Å². The average molecular weight is 491 g/mol. The van der Waals surface area contributed by atoms with Gasteiger partial charge in [-0.25, -0.2) is 4.98 Å². The topological polar surface area (TPSA) is 109 Å². The minimum atomic E-state index is -0.531. The monoisotopic (exact) mass is 490 g/mol. The summed E-state index contributed by atoms with van der Waals surface area (Å²) in [6.45, 7) is 1.88. The normalized spacial score (nSPS) is 16.7. The van der Waals surface area contributed by atoms with E-state index in [0.29, 0.717) is 39.8 Å². The Balaban J connectivity index is 1.18. The molecule has 3 aromatic rings. The fourth-order valence-electron chi connectivity index (χ4n) is 4.16. The van der Waals surface area contributed by atoms with Crippen LogP contribution in [-0.4, -0.2) is 53.2 Å². The van der Waals surface area contributed by atoms with E-state index in [1.54, 1.807) is 49.2 Å². The highest BCUT2D eigenvalue weighted by atomic mass is 32.1. The molecule has 1 aromatic heterocycles. The Morgan fingerprint density at radius 2 is 1.83 bits per heavy atom. The number of imide groups is 1. The van der Waals surface area contributed by atoms with Crippen molar-refractivity contribution in [2.45, 2.75) is 25.9 Å². The third-order valence-corrected chi connectivity index (χ3v) is 6.77. The molecular formula is C25H22N4O5S. The maximum Gasteiger partial charge on any atom is 0.267 e. The van der Waals surface area contributed by atoms with Crippen LogP contribution in [0.25, 0.3) is 11.3 Å². The van der Waals surface area contributed by atoms with Gasteiger partial charge in [0.25, 0.3) is 17.7 Å². The summed E-state index contributed by atoms with van der Waals surface area (Å²) in [6, 6.07) is 12.2. The number of anilines is 2. The number of ether oxygens (including phenoxy) is 1. The number of rotatable bonds is 6. The first kappa shape index (κ1) is 22.7. The van der Waals surface area contributed by atoms with Gasteiger partial charge in [-0.05, 0) is 43.7 Å². The first-order valence-corrected chi connectivity index (χ1v) is 12.0. The lowest BCUT2D eigenvalue weighted by atomic mass is 10.1. The predicted octanol–water partition coefficient (Wildman–Crippen LogP) is 3.57. The molecule has 1 N–H and O–H groups in total. The summed E-state index contributed by atoms with van der Waals surface area (Å²) >= 11 is 1.29. The minimum absolute atomic E-state index is 0.123. The molecule has 0 saturated carbocycles. The Kier molecular flexibility index (Phi) is 5.81. The third-order valence-electron chi connectivity index (χ3n) is 6.01. The Bertz CT molecular complexity index is 1330. The fraction of sp³-hybridized carbons (Fsp3) is 0.240. The van der Waals surface area contributed by atoms with Gasteiger partial charge in [0.1, 0.15) is 5.75 Å². The van der Waals surface area contributed by atoms with E-state index in [1.807, 2.05) is 17.5 Å². The lowest BCUT2D eigenvalue weighted by Crippen LogP contribution is -2.41. The van der Waals surface area contributed by atoms with Gasteiger partial charge in [0, 0.05) is 31.0 Å². The van der Waals surface area contributed by atoms with Gasteiger partial charge in [0.2, 0.25) is 5.91 Å². The summed E-state index contributed by atoms with van der Waals surface area (Å²) in [5.74, 6) is -0.395. The summed E-state index contributed by atoms with van der Waals surface area (Å²) in [6.07, 6.45) is -0.0422. The molecule has 5 rings (SSSR count). The Labute approximate surface area is 205 Å². The van der Waals surface area contributed by atoms with Crippen LogP contribution in [0.1, 0.15) is 40.5 Å².